The summed E-state index contributed by atoms with van der Waals surface area (Å²) in [7, 11) is 0. The predicted octanol–water partition coefficient (Wildman–Crippen LogP) is 5.79. The molecule has 0 spiro atoms. The van der Waals surface area contributed by atoms with Crippen molar-refractivity contribution in [2.75, 3.05) is 10.2 Å². The number of thioether (sulfide) groups is 1. The maximum absolute atomic E-state index is 13.0. The lowest BCUT2D eigenvalue weighted by molar-refractivity contribution is -0.121. The van der Waals surface area contributed by atoms with Crippen molar-refractivity contribution in [3.8, 4) is 0 Å². The van der Waals surface area contributed by atoms with Crippen LogP contribution in [0.25, 0.3) is 0 Å². The van der Waals surface area contributed by atoms with Crippen LogP contribution in [0.1, 0.15) is 47.7 Å². The number of carbonyl (C=O) groups is 3. The van der Waals surface area contributed by atoms with Crippen molar-refractivity contribution < 1.29 is 14.4 Å². The average Bonchev–Trinajstić information content (AvgIpc) is 3.08. The molecule has 33 heavy (non-hydrogen) atoms. The maximum Gasteiger partial charge on any atom is 0.255 e. The number of anilines is 2. The summed E-state index contributed by atoms with van der Waals surface area (Å²) >= 11 is 1.37. The monoisotopic (exact) mass is 458 g/mol. The third-order valence-electron chi connectivity index (χ3n) is 5.70. The number of imide groups is 1. The second-order valence-electron chi connectivity index (χ2n) is 8.42. The molecule has 3 amide bonds. The second-order valence-corrected chi connectivity index (χ2v) is 9.69. The molecule has 0 saturated carbocycles. The van der Waals surface area contributed by atoms with Crippen molar-refractivity contribution in [1.82, 2.24) is 0 Å². The molecule has 168 valence electrons. The molecule has 1 aliphatic rings. The van der Waals surface area contributed by atoms with E-state index < -0.39 is 5.25 Å². The highest BCUT2D eigenvalue weighted by Gasteiger charge is 2.40. The second kappa shape index (κ2) is 9.63. The number of hydrogen-bond acceptors (Lipinski definition) is 4. The van der Waals surface area contributed by atoms with E-state index in [1.807, 2.05) is 73.7 Å². The van der Waals surface area contributed by atoms with Gasteiger partial charge in [0.1, 0.15) is 0 Å². The zero-order chi connectivity index (χ0) is 23.5. The van der Waals surface area contributed by atoms with Gasteiger partial charge in [0, 0.05) is 22.6 Å². The van der Waals surface area contributed by atoms with Crippen molar-refractivity contribution in [1.29, 1.82) is 0 Å². The fraction of sp³-hybridized carbons (Fsp3) is 0.222. The first-order valence-electron chi connectivity index (χ1n) is 10.9. The van der Waals surface area contributed by atoms with Crippen molar-refractivity contribution >= 4 is 40.9 Å². The van der Waals surface area contributed by atoms with E-state index in [1.54, 1.807) is 6.07 Å². The van der Waals surface area contributed by atoms with Gasteiger partial charge in [0.15, 0.2) is 0 Å². The minimum atomic E-state index is -0.463. The molecule has 1 unspecified atom stereocenters. The van der Waals surface area contributed by atoms with Gasteiger partial charge < -0.3 is 5.32 Å². The van der Waals surface area contributed by atoms with Crippen molar-refractivity contribution in [3.05, 3.63) is 89.5 Å². The zero-order valence-corrected chi connectivity index (χ0v) is 19.7. The standard InChI is InChI=1S/C27H26N2O3S/c1-17(2)19-8-12-21(13-9-19)29-25(30)16-24(27(29)32)33-22-14-10-20(11-15-22)28-26(31)23-7-5-4-6-18(23)3/h4-15,17,24H,16H2,1-3H3,(H,28,31). The fourth-order valence-corrected chi connectivity index (χ4v) is 4.84. The highest BCUT2D eigenvalue weighted by Crippen LogP contribution is 2.34. The molecular formula is C27H26N2O3S. The first kappa shape index (κ1) is 22.8. The van der Waals surface area contributed by atoms with Crippen molar-refractivity contribution in [3.63, 3.8) is 0 Å². The van der Waals surface area contributed by atoms with Gasteiger partial charge in [0.05, 0.1) is 10.9 Å². The number of nitrogens with zero attached hydrogens (tertiary/aromatic N) is 1. The van der Waals surface area contributed by atoms with Gasteiger partial charge >= 0.3 is 0 Å². The van der Waals surface area contributed by atoms with Gasteiger partial charge in [-0.15, -0.1) is 11.8 Å². The molecule has 5 nitrogen and oxygen atoms in total. The van der Waals surface area contributed by atoms with E-state index in [0.717, 1.165) is 10.5 Å². The summed E-state index contributed by atoms with van der Waals surface area (Å²) in [6, 6.07) is 22.4. The smallest absolute Gasteiger partial charge is 0.255 e. The van der Waals surface area contributed by atoms with Crippen molar-refractivity contribution in [2.24, 2.45) is 0 Å². The highest BCUT2D eigenvalue weighted by atomic mass is 32.2. The Labute approximate surface area is 198 Å². The van der Waals surface area contributed by atoms with Crippen LogP contribution in [-0.2, 0) is 9.59 Å². The van der Waals surface area contributed by atoms with E-state index in [9.17, 15) is 14.4 Å². The van der Waals surface area contributed by atoms with Crippen LogP contribution < -0.4 is 10.2 Å². The van der Waals surface area contributed by atoms with E-state index >= 15 is 0 Å². The molecular weight excluding hydrogens is 432 g/mol. The van der Waals surface area contributed by atoms with Crippen molar-refractivity contribution in [2.45, 2.75) is 43.3 Å². The van der Waals surface area contributed by atoms with Gasteiger partial charge in [-0.2, -0.15) is 0 Å². The Hall–Kier alpha value is -3.38. The molecule has 3 aromatic rings. The molecule has 1 aliphatic heterocycles. The van der Waals surface area contributed by atoms with Crippen LogP contribution in [0.4, 0.5) is 11.4 Å². The lowest BCUT2D eigenvalue weighted by atomic mass is 10.0. The minimum absolute atomic E-state index is 0.163. The summed E-state index contributed by atoms with van der Waals surface area (Å²) in [5, 5.41) is 2.44. The molecule has 1 N–H and O–H groups in total. The molecule has 4 rings (SSSR count). The maximum atomic E-state index is 13.0. The third-order valence-corrected chi connectivity index (χ3v) is 6.90. The lowest BCUT2D eigenvalue weighted by Crippen LogP contribution is -2.31. The molecule has 1 saturated heterocycles. The Balaban J connectivity index is 1.41. The molecule has 0 bridgehead atoms. The number of nitrogens with one attached hydrogen (secondary N) is 1. The van der Waals surface area contributed by atoms with E-state index in [2.05, 4.69) is 19.2 Å². The Morgan fingerprint density at radius 1 is 0.970 bits per heavy atom. The van der Waals surface area contributed by atoms with Crippen LogP contribution in [0.2, 0.25) is 0 Å². The Morgan fingerprint density at radius 3 is 2.27 bits per heavy atom. The molecule has 1 heterocycles. The van der Waals surface area contributed by atoms with Gasteiger partial charge in [0.2, 0.25) is 11.8 Å². The summed E-state index contributed by atoms with van der Waals surface area (Å²) < 4.78 is 0. The average molecular weight is 459 g/mol. The first-order chi connectivity index (χ1) is 15.8. The molecule has 0 aliphatic carbocycles. The summed E-state index contributed by atoms with van der Waals surface area (Å²) in [6.07, 6.45) is 0.168. The van der Waals surface area contributed by atoms with Crippen LogP contribution in [0.3, 0.4) is 0 Å². The largest absolute Gasteiger partial charge is 0.322 e. The van der Waals surface area contributed by atoms with Crippen LogP contribution in [0.15, 0.2) is 77.7 Å². The molecule has 6 heteroatoms. The molecule has 0 radical (unpaired) electrons. The van der Waals surface area contributed by atoms with E-state index in [4.69, 9.17) is 0 Å². The van der Waals surface area contributed by atoms with E-state index in [0.29, 0.717) is 22.9 Å². The molecule has 1 atom stereocenters. The number of aryl methyl sites for hydroxylation is 1. The van der Waals surface area contributed by atoms with Crippen LogP contribution in [-0.4, -0.2) is 23.0 Å². The lowest BCUT2D eigenvalue weighted by Gasteiger charge is -2.16. The first-order valence-corrected chi connectivity index (χ1v) is 11.8. The summed E-state index contributed by atoms with van der Waals surface area (Å²) in [5.41, 5.74) is 4.00. The van der Waals surface area contributed by atoms with Crippen LogP contribution >= 0.6 is 11.8 Å². The minimum Gasteiger partial charge on any atom is -0.322 e. The van der Waals surface area contributed by atoms with Crippen LogP contribution in [0, 0.1) is 6.92 Å². The van der Waals surface area contributed by atoms with Gasteiger partial charge in [-0.05, 0) is 66.4 Å². The SMILES string of the molecule is Cc1ccccc1C(=O)Nc1ccc(SC2CC(=O)N(c3ccc(C(C)C)cc3)C2=O)cc1. The van der Waals surface area contributed by atoms with Crippen LogP contribution in [0.5, 0.6) is 0 Å². The summed E-state index contributed by atoms with van der Waals surface area (Å²) in [4.78, 5) is 40.2. The van der Waals surface area contributed by atoms with Gasteiger partial charge in [-0.1, -0.05) is 44.2 Å². The third kappa shape index (κ3) is 5.01. The zero-order valence-electron chi connectivity index (χ0n) is 18.9. The summed E-state index contributed by atoms with van der Waals surface area (Å²) in [6.45, 7) is 6.11. The molecule has 0 aromatic heterocycles. The highest BCUT2D eigenvalue weighted by molar-refractivity contribution is 8.00. The number of rotatable bonds is 6. The van der Waals surface area contributed by atoms with Gasteiger partial charge in [0.25, 0.3) is 5.91 Å². The van der Waals surface area contributed by atoms with E-state index in [1.165, 1.54) is 22.2 Å². The normalized spacial score (nSPS) is 15.9. The van der Waals surface area contributed by atoms with E-state index in [-0.39, 0.29) is 24.1 Å². The Kier molecular flexibility index (Phi) is 6.65. The fourth-order valence-electron chi connectivity index (χ4n) is 3.78. The number of carbonyl (C=O) groups excluding carboxylic acids is 3. The predicted molar refractivity (Wildman–Crippen MR) is 133 cm³/mol. The number of benzene rings is 3. The number of hydrogen-bond donors (Lipinski definition) is 1. The Bertz CT molecular complexity index is 1190. The number of amides is 3. The summed E-state index contributed by atoms with van der Waals surface area (Å²) in [5.74, 6) is -0.155. The Morgan fingerprint density at radius 2 is 1.64 bits per heavy atom. The van der Waals surface area contributed by atoms with Gasteiger partial charge in [-0.3, -0.25) is 14.4 Å². The molecule has 1 fully saturated rings. The van der Waals surface area contributed by atoms with Gasteiger partial charge in [-0.25, -0.2) is 4.90 Å². The quantitative estimate of drug-likeness (QED) is 0.475. The molecule has 3 aromatic carbocycles. The topological polar surface area (TPSA) is 66.5 Å².